The van der Waals surface area contributed by atoms with Crippen LogP contribution < -0.4 is 9.47 Å². The molecule has 1 saturated carbocycles. The lowest BCUT2D eigenvalue weighted by atomic mass is 10.2. The molecule has 0 unspecified atom stereocenters. The summed E-state index contributed by atoms with van der Waals surface area (Å²) >= 11 is 5.28. The van der Waals surface area contributed by atoms with Crippen molar-refractivity contribution in [2.24, 2.45) is 5.92 Å². The molecular formula is C12H11ClF2O3. The van der Waals surface area contributed by atoms with Crippen molar-refractivity contribution in [1.82, 2.24) is 0 Å². The van der Waals surface area contributed by atoms with Crippen molar-refractivity contribution in [3.8, 4) is 11.5 Å². The lowest BCUT2D eigenvalue weighted by Crippen LogP contribution is -2.07. The van der Waals surface area contributed by atoms with Crippen LogP contribution in [0, 0.1) is 5.92 Å². The topological polar surface area (TPSA) is 35.5 Å². The summed E-state index contributed by atoms with van der Waals surface area (Å²) in [4.78, 5) is 11.0. The highest BCUT2D eigenvalue weighted by atomic mass is 35.5. The highest BCUT2D eigenvalue weighted by molar-refractivity contribution is 6.67. The molecule has 2 rings (SSSR count). The van der Waals surface area contributed by atoms with Crippen molar-refractivity contribution >= 4 is 16.8 Å². The van der Waals surface area contributed by atoms with Gasteiger partial charge in [0.15, 0.2) is 11.5 Å². The van der Waals surface area contributed by atoms with Gasteiger partial charge in [-0.15, -0.1) is 0 Å². The molecule has 0 atom stereocenters. The summed E-state index contributed by atoms with van der Waals surface area (Å²) < 4.78 is 34.2. The summed E-state index contributed by atoms with van der Waals surface area (Å²) in [6, 6.07) is 3.98. The number of hydrogen-bond acceptors (Lipinski definition) is 3. The maximum absolute atomic E-state index is 12.2. The molecule has 1 aliphatic rings. The van der Waals surface area contributed by atoms with Crippen LogP contribution in [0.4, 0.5) is 8.78 Å². The summed E-state index contributed by atoms with van der Waals surface area (Å²) in [7, 11) is 0. The Kier molecular flexibility index (Phi) is 4.01. The number of benzene rings is 1. The smallest absolute Gasteiger partial charge is 0.387 e. The number of rotatable bonds is 6. The van der Waals surface area contributed by atoms with Gasteiger partial charge in [-0.2, -0.15) is 8.78 Å². The first kappa shape index (κ1) is 13.1. The van der Waals surface area contributed by atoms with E-state index in [4.69, 9.17) is 16.3 Å². The number of carbonyl (C=O) groups excluding carboxylic acids is 1. The van der Waals surface area contributed by atoms with Crippen LogP contribution in [0.1, 0.15) is 23.2 Å². The molecule has 1 fully saturated rings. The second-order valence-electron chi connectivity index (χ2n) is 4.07. The molecule has 1 aromatic rings. The largest absolute Gasteiger partial charge is 0.489 e. The van der Waals surface area contributed by atoms with Gasteiger partial charge in [-0.1, -0.05) is 0 Å². The molecule has 1 aliphatic carbocycles. The number of carbonyl (C=O) groups is 1. The van der Waals surface area contributed by atoms with Gasteiger partial charge in [0, 0.05) is 5.56 Å². The number of alkyl halides is 2. The van der Waals surface area contributed by atoms with E-state index in [1.54, 1.807) is 0 Å². The van der Waals surface area contributed by atoms with Gasteiger partial charge in [-0.05, 0) is 48.6 Å². The van der Waals surface area contributed by atoms with Crippen LogP contribution in [0.2, 0.25) is 0 Å². The Morgan fingerprint density at radius 1 is 1.39 bits per heavy atom. The quantitative estimate of drug-likeness (QED) is 0.747. The minimum Gasteiger partial charge on any atom is -0.489 e. The monoisotopic (exact) mass is 276 g/mol. The second kappa shape index (κ2) is 5.52. The Morgan fingerprint density at radius 2 is 2.11 bits per heavy atom. The molecule has 0 bridgehead atoms. The molecule has 0 amide bonds. The van der Waals surface area contributed by atoms with Crippen molar-refractivity contribution in [3.63, 3.8) is 0 Å². The van der Waals surface area contributed by atoms with Gasteiger partial charge >= 0.3 is 6.61 Å². The van der Waals surface area contributed by atoms with E-state index in [2.05, 4.69) is 4.74 Å². The molecule has 0 N–H and O–H groups in total. The van der Waals surface area contributed by atoms with Crippen molar-refractivity contribution in [1.29, 1.82) is 0 Å². The van der Waals surface area contributed by atoms with E-state index in [9.17, 15) is 13.6 Å². The predicted octanol–water partition coefficient (Wildman–Crippen LogP) is 3.46. The van der Waals surface area contributed by atoms with Crippen LogP contribution in [0.15, 0.2) is 18.2 Å². The third-order valence-corrected chi connectivity index (χ3v) is 2.78. The number of ether oxygens (including phenoxy) is 2. The lowest BCUT2D eigenvalue weighted by Gasteiger charge is -2.12. The van der Waals surface area contributed by atoms with Gasteiger partial charge in [-0.25, -0.2) is 0 Å². The van der Waals surface area contributed by atoms with Crippen molar-refractivity contribution in [2.45, 2.75) is 19.5 Å². The summed E-state index contributed by atoms with van der Waals surface area (Å²) in [5.41, 5.74) is 0.0890. The minimum absolute atomic E-state index is 0.0890. The first-order valence-corrected chi connectivity index (χ1v) is 5.85. The van der Waals surface area contributed by atoms with Crippen LogP contribution in [-0.2, 0) is 0 Å². The lowest BCUT2D eigenvalue weighted by molar-refractivity contribution is -0.0515. The third-order valence-electron chi connectivity index (χ3n) is 2.56. The van der Waals surface area contributed by atoms with E-state index in [0.717, 1.165) is 18.9 Å². The summed E-state index contributed by atoms with van der Waals surface area (Å²) in [6.45, 7) is -2.51. The maximum Gasteiger partial charge on any atom is 0.387 e. The highest BCUT2D eigenvalue weighted by Crippen LogP contribution is 2.34. The summed E-state index contributed by atoms with van der Waals surface area (Å²) in [5, 5.41) is -0.733. The predicted molar refractivity (Wildman–Crippen MR) is 61.5 cm³/mol. The van der Waals surface area contributed by atoms with Crippen LogP contribution in [0.3, 0.4) is 0 Å². The van der Waals surface area contributed by atoms with Crippen LogP contribution in [0.5, 0.6) is 11.5 Å². The third kappa shape index (κ3) is 3.57. The Bertz CT molecular complexity index is 447. The molecule has 18 heavy (non-hydrogen) atoms. The zero-order valence-electron chi connectivity index (χ0n) is 9.37. The minimum atomic E-state index is -2.98. The Labute approximate surface area is 108 Å². The highest BCUT2D eigenvalue weighted by Gasteiger charge is 2.23. The molecule has 0 heterocycles. The molecule has 0 aromatic heterocycles. The van der Waals surface area contributed by atoms with Gasteiger partial charge in [-0.3, -0.25) is 4.79 Å². The summed E-state index contributed by atoms with van der Waals surface area (Å²) in [6.07, 6.45) is 2.17. The molecule has 98 valence electrons. The zero-order valence-corrected chi connectivity index (χ0v) is 10.1. The molecule has 3 nitrogen and oxygen atoms in total. The SMILES string of the molecule is O=C(Cl)c1ccc(OCC2CC2)c(OC(F)F)c1. The first-order valence-electron chi connectivity index (χ1n) is 5.47. The Hall–Kier alpha value is -1.36. The molecule has 6 heteroatoms. The van der Waals surface area contributed by atoms with Crippen molar-refractivity contribution in [2.75, 3.05) is 6.61 Å². The molecule has 0 aliphatic heterocycles. The number of halogens is 3. The van der Waals surface area contributed by atoms with E-state index in [1.807, 2.05) is 0 Å². The van der Waals surface area contributed by atoms with Crippen LogP contribution in [0.25, 0.3) is 0 Å². The molecule has 1 aromatic carbocycles. The Balaban J connectivity index is 2.16. The van der Waals surface area contributed by atoms with Crippen LogP contribution in [-0.4, -0.2) is 18.5 Å². The van der Waals surface area contributed by atoms with E-state index in [0.29, 0.717) is 12.5 Å². The van der Waals surface area contributed by atoms with Gasteiger partial charge in [0.1, 0.15) is 0 Å². The van der Waals surface area contributed by atoms with Crippen LogP contribution >= 0.6 is 11.6 Å². The Morgan fingerprint density at radius 3 is 2.67 bits per heavy atom. The molecule has 0 spiro atoms. The molecule has 0 saturated heterocycles. The van der Waals surface area contributed by atoms with Crippen molar-refractivity contribution < 1.29 is 23.0 Å². The fourth-order valence-corrected chi connectivity index (χ4v) is 1.55. The van der Waals surface area contributed by atoms with Gasteiger partial charge in [0.2, 0.25) is 0 Å². The van der Waals surface area contributed by atoms with Gasteiger partial charge in [0.05, 0.1) is 6.61 Å². The maximum atomic E-state index is 12.2. The standard InChI is InChI=1S/C12H11ClF2O3/c13-11(16)8-3-4-9(17-6-7-1-2-7)10(5-8)18-12(14)15/h3-5,7,12H,1-2,6H2. The summed E-state index contributed by atoms with van der Waals surface area (Å²) in [5.74, 6) is 0.514. The normalized spacial score (nSPS) is 14.7. The number of hydrogen-bond donors (Lipinski definition) is 0. The molecule has 0 radical (unpaired) electrons. The van der Waals surface area contributed by atoms with E-state index in [-0.39, 0.29) is 17.1 Å². The van der Waals surface area contributed by atoms with Crippen molar-refractivity contribution in [3.05, 3.63) is 23.8 Å². The first-order chi connectivity index (χ1) is 8.56. The zero-order chi connectivity index (χ0) is 13.1. The second-order valence-corrected chi connectivity index (χ2v) is 4.41. The average Bonchev–Trinajstić information content (AvgIpc) is 3.10. The van der Waals surface area contributed by atoms with Gasteiger partial charge < -0.3 is 9.47 Å². The van der Waals surface area contributed by atoms with E-state index < -0.39 is 11.9 Å². The van der Waals surface area contributed by atoms with Gasteiger partial charge in [0.25, 0.3) is 5.24 Å². The molecular weight excluding hydrogens is 266 g/mol. The fourth-order valence-electron chi connectivity index (χ4n) is 1.43. The van der Waals surface area contributed by atoms with E-state index in [1.165, 1.54) is 12.1 Å². The fraction of sp³-hybridized carbons (Fsp3) is 0.417. The average molecular weight is 277 g/mol. The van der Waals surface area contributed by atoms with E-state index >= 15 is 0 Å².